The third-order valence-electron chi connectivity index (χ3n) is 2.64. The average molecular weight is 279 g/mol. The molecule has 0 bridgehead atoms. The second-order valence-electron chi connectivity index (χ2n) is 4.01. The smallest absolute Gasteiger partial charge is 0.200 e. The van der Waals surface area contributed by atoms with Crippen LogP contribution in [-0.4, -0.2) is 6.54 Å². The molecule has 106 valence electrons. The predicted octanol–water partition coefficient (Wildman–Crippen LogP) is 4.00. The first-order chi connectivity index (χ1) is 8.95. The van der Waals surface area contributed by atoms with Crippen molar-refractivity contribution in [2.24, 2.45) is 0 Å². The van der Waals surface area contributed by atoms with E-state index in [1.165, 1.54) is 6.08 Å². The summed E-state index contributed by atoms with van der Waals surface area (Å²) in [5, 5.41) is 2.74. The number of hydrogen-bond acceptors (Lipinski definition) is 1. The maximum atomic E-state index is 13.6. The molecule has 1 unspecified atom stereocenters. The molecule has 0 fully saturated rings. The van der Waals surface area contributed by atoms with Crippen molar-refractivity contribution in [3.05, 3.63) is 47.3 Å². The van der Waals surface area contributed by atoms with Crippen LogP contribution in [0.4, 0.5) is 22.0 Å². The van der Waals surface area contributed by atoms with Crippen LogP contribution in [0.2, 0.25) is 0 Å². The topological polar surface area (TPSA) is 12.0 Å². The zero-order valence-electron chi connectivity index (χ0n) is 10.4. The second kappa shape index (κ2) is 6.65. The molecule has 0 radical (unpaired) electrons. The van der Waals surface area contributed by atoms with Crippen LogP contribution in [0.25, 0.3) is 0 Å². The molecule has 19 heavy (non-hydrogen) atoms. The van der Waals surface area contributed by atoms with Gasteiger partial charge in [-0.15, -0.1) is 6.58 Å². The summed E-state index contributed by atoms with van der Waals surface area (Å²) in [4.78, 5) is 0. The maximum Gasteiger partial charge on any atom is 0.200 e. The van der Waals surface area contributed by atoms with E-state index in [2.05, 4.69) is 11.9 Å². The predicted molar refractivity (Wildman–Crippen MR) is 62.1 cm³/mol. The Morgan fingerprint density at radius 3 is 1.89 bits per heavy atom. The van der Waals surface area contributed by atoms with E-state index >= 15 is 0 Å². The number of halogens is 5. The zero-order valence-corrected chi connectivity index (χ0v) is 10.4. The van der Waals surface area contributed by atoms with E-state index in [9.17, 15) is 22.0 Å². The van der Waals surface area contributed by atoms with Crippen LogP contribution in [0, 0.1) is 29.1 Å². The SMILES string of the molecule is C=CCC(NCCC)c1c(F)c(F)c(F)c(F)c1F. The van der Waals surface area contributed by atoms with Crippen molar-refractivity contribution >= 4 is 0 Å². The normalized spacial score (nSPS) is 12.5. The van der Waals surface area contributed by atoms with Gasteiger partial charge in [0.2, 0.25) is 5.82 Å². The highest BCUT2D eigenvalue weighted by Gasteiger charge is 2.29. The van der Waals surface area contributed by atoms with E-state index in [0.717, 1.165) is 0 Å². The van der Waals surface area contributed by atoms with Gasteiger partial charge in [-0.2, -0.15) is 0 Å². The van der Waals surface area contributed by atoms with Gasteiger partial charge in [-0.1, -0.05) is 13.0 Å². The molecule has 1 aromatic rings. The van der Waals surface area contributed by atoms with Crippen LogP contribution in [0.3, 0.4) is 0 Å². The first-order valence-corrected chi connectivity index (χ1v) is 5.81. The minimum Gasteiger partial charge on any atom is -0.309 e. The standard InChI is InChI=1S/C13H14F5N/c1-3-5-7(19-6-4-2)8-9(14)11(16)13(18)12(17)10(8)15/h3,7,19H,1,4-6H2,2H3. The highest BCUT2D eigenvalue weighted by molar-refractivity contribution is 5.27. The number of rotatable bonds is 6. The molecule has 0 aromatic heterocycles. The van der Waals surface area contributed by atoms with Gasteiger partial charge in [-0.05, 0) is 19.4 Å². The largest absolute Gasteiger partial charge is 0.309 e. The Bertz CT molecular complexity index is 444. The fourth-order valence-electron chi connectivity index (χ4n) is 1.72. The van der Waals surface area contributed by atoms with Crippen LogP contribution in [0.15, 0.2) is 12.7 Å². The molecule has 0 aliphatic heterocycles. The van der Waals surface area contributed by atoms with Gasteiger partial charge in [0.05, 0.1) is 0 Å². The Morgan fingerprint density at radius 1 is 1.00 bits per heavy atom. The number of benzene rings is 1. The molecule has 1 atom stereocenters. The molecule has 1 rings (SSSR count). The molecule has 1 N–H and O–H groups in total. The van der Waals surface area contributed by atoms with Gasteiger partial charge in [0.25, 0.3) is 0 Å². The van der Waals surface area contributed by atoms with Gasteiger partial charge in [0.1, 0.15) is 0 Å². The van der Waals surface area contributed by atoms with Gasteiger partial charge in [0, 0.05) is 11.6 Å². The minimum atomic E-state index is -2.15. The molecular formula is C13H14F5N. The summed E-state index contributed by atoms with van der Waals surface area (Å²) in [6, 6.07) is -0.998. The van der Waals surface area contributed by atoms with E-state index in [1.807, 2.05) is 6.92 Å². The lowest BCUT2D eigenvalue weighted by Gasteiger charge is -2.19. The van der Waals surface area contributed by atoms with Crippen LogP contribution in [-0.2, 0) is 0 Å². The monoisotopic (exact) mass is 279 g/mol. The Labute approximate surface area is 108 Å². The van der Waals surface area contributed by atoms with Crippen LogP contribution in [0.5, 0.6) is 0 Å². The van der Waals surface area contributed by atoms with E-state index in [1.54, 1.807) is 0 Å². The summed E-state index contributed by atoms with van der Waals surface area (Å²) in [6.07, 6.45) is 2.06. The van der Waals surface area contributed by atoms with Crippen molar-refractivity contribution in [1.82, 2.24) is 5.32 Å². The molecule has 0 saturated heterocycles. The van der Waals surface area contributed by atoms with E-state index in [-0.39, 0.29) is 6.42 Å². The highest BCUT2D eigenvalue weighted by Crippen LogP contribution is 2.29. The Morgan fingerprint density at radius 2 is 1.47 bits per heavy atom. The lowest BCUT2D eigenvalue weighted by Crippen LogP contribution is -2.25. The molecule has 0 spiro atoms. The first-order valence-electron chi connectivity index (χ1n) is 5.81. The molecule has 1 nitrogen and oxygen atoms in total. The Balaban J connectivity index is 3.33. The van der Waals surface area contributed by atoms with Gasteiger partial charge in [0.15, 0.2) is 23.3 Å². The van der Waals surface area contributed by atoms with Gasteiger partial charge in [-0.25, -0.2) is 22.0 Å². The summed E-state index contributed by atoms with van der Waals surface area (Å²) < 4.78 is 66.4. The first kappa shape index (κ1) is 15.6. The zero-order chi connectivity index (χ0) is 14.6. The summed E-state index contributed by atoms with van der Waals surface area (Å²) in [6.45, 7) is 5.61. The fourth-order valence-corrected chi connectivity index (χ4v) is 1.72. The Hall–Kier alpha value is -1.43. The van der Waals surface area contributed by atoms with Crippen molar-refractivity contribution in [3.8, 4) is 0 Å². The van der Waals surface area contributed by atoms with Crippen molar-refractivity contribution in [3.63, 3.8) is 0 Å². The average Bonchev–Trinajstić information content (AvgIpc) is 2.40. The lowest BCUT2D eigenvalue weighted by molar-refractivity contribution is 0.356. The van der Waals surface area contributed by atoms with Crippen LogP contribution < -0.4 is 5.32 Å². The molecule has 0 aliphatic rings. The van der Waals surface area contributed by atoms with E-state index in [0.29, 0.717) is 13.0 Å². The third kappa shape index (κ3) is 3.12. The van der Waals surface area contributed by atoms with Crippen LogP contribution >= 0.6 is 0 Å². The molecular weight excluding hydrogens is 265 g/mol. The fraction of sp³-hybridized carbons (Fsp3) is 0.385. The molecule has 0 aliphatic carbocycles. The maximum absolute atomic E-state index is 13.6. The van der Waals surface area contributed by atoms with Gasteiger partial charge >= 0.3 is 0 Å². The van der Waals surface area contributed by atoms with Crippen molar-refractivity contribution in [2.45, 2.75) is 25.8 Å². The molecule has 6 heteroatoms. The van der Waals surface area contributed by atoms with Gasteiger partial charge in [-0.3, -0.25) is 0 Å². The van der Waals surface area contributed by atoms with E-state index < -0.39 is 40.7 Å². The molecule has 1 aromatic carbocycles. The summed E-state index contributed by atoms with van der Waals surface area (Å²) >= 11 is 0. The molecule has 0 heterocycles. The third-order valence-corrected chi connectivity index (χ3v) is 2.64. The highest BCUT2D eigenvalue weighted by atomic mass is 19.2. The number of hydrogen-bond donors (Lipinski definition) is 1. The lowest BCUT2D eigenvalue weighted by atomic mass is 10.0. The van der Waals surface area contributed by atoms with Gasteiger partial charge < -0.3 is 5.32 Å². The second-order valence-corrected chi connectivity index (χ2v) is 4.01. The summed E-state index contributed by atoms with van der Waals surface area (Å²) in [5.41, 5.74) is -0.843. The van der Waals surface area contributed by atoms with E-state index in [4.69, 9.17) is 0 Å². The van der Waals surface area contributed by atoms with Crippen molar-refractivity contribution in [2.75, 3.05) is 6.54 Å². The van der Waals surface area contributed by atoms with Crippen molar-refractivity contribution < 1.29 is 22.0 Å². The quantitative estimate of drug-likeness (QED) is 0.359. The molecule has 0 saturated carbocycles. The Kier molecular flexibility index (Phi) is 5.47. The summed E-state index contributed by atoms with van der Waals surface area (Å²) in [7, 11) is 0. The molecule has 0 amide bonds. The summed E-state index contributed by atoms with van der Waals surface area (Å²) in [5.74, 6) is -9.60. The number of nitrogens with one attached hydrogen (secondary N) is 1. The van der Waals surface area contributed by atoms with Crippen molar-refractivity contribution in [1.29, 1.82) is 0 Å². The van der Waals surface area contributed by atoms with Crippen LogP contribution in [0.1, 0.15) is 31.4 Å². The minimum absolute atomic E-state index is 0.0539.